The van der Waals surface area contributed by atoms with Crippen molar-refractivity contribution in [2.24, 2.45) is 11.3 Å². The van der Waals surface area contributed by atoms with E-state index in [0.717, 1.165) is 38.8 Å². The SMILES string of the molecule is CCC(C)N(CC)CC1(CNCC(C)C)CCOCC1. The molecule has 0 spiro atoms. The van der Waals surface area contributed by atoms with E-state index in [1.807, 2.05) is 0 Å². The Hall–Kier alpha value is -0.120. The molecule has 1 aliphatic heterocycles. The summed E-state index contributed by atoms with van der Waals surface area (Å²) in [5, 5.41) is 3.70. The van der Waals surface area contributed by atoms with Crippen LogP contribution in [0, 0.1) is 11.3 Å². The first-order chi connectivity index (χ1) is 9.53. The van der Waals surface area contributed by atoms with E-state index < -0.39 is 0 Å². The predicted molar refractivity (Wildman–Crippen MR) is 87.2 cm³/mol. The molecule has 0 aromatic rings. The van der Waals surface area contributed by atoms with E-state index >= 15 is 0 Å². The summed E-state index contributed by atoms with van der Waals surface area (Å²) in [6.45, 7) is 18.0. The van der Waals surface area contributed by atoms with Crippen LogP contribution in [0.1, 0.15) is 53.9 Å². The minimum absolute atomic E-state index is 0.409. The van der Waals surface area contributed by atoms with Crippen LogP contribution in [0.4, 0.5) is 0 Å². The first kappa shape index (κ1) is 17.9. The van der Waals surface area contributed by atoms with Crippen molar-refractivity contribution in [2.45, 2.75) is 59.9 Å². The van der Waals surface area contributed by atoms with Crippen molar-refractivity contribution >= 4 is 0 Å². The fourth-order valence-electron chi connectivity index (χ4n) is 3.09. The van der Waals surface area contributed by atoms with Crippen molar-refractivity contribution in [2.75, 3.05) is 39.4 Å². The number of hydrogen-bond acceptors (Lipinski definition) is 3. The maximum absolute atomic E-state index is 5.61. The molecule has 0 radical (unpaired) electrons. The molecule has 1 aliphatic rings. The second-order valence-corrected chi connectivity index (χ2v) is 6.96. The summed E-state index contributed by atoms with van der Waals surface area (Å²) in [7, 11) is 0. The third kappa shape index (κ3) is 5.71. The van der Waals surface area contributed by atoms with Crippen LogP contribution in [0.3, 0.4) is 0 Å². The molecule has 0 aliphatic carbocycles. The smallest absolute Gasteiger partial charge is 0.0472 e. The van der Waals surface area contributed by atoms with Crippen LogP contribution in [-0.2, 0) is 4.74 Å². The molecule has 0 aromatic heterocycles. The van der Waals surface area contributed by atoms with E-state index in [1.165, 1.54) is 25.8 Å². The van der Waals surface area contributed by atoms with Crippen LogP contribution in [0.5, 0.6) is 0 Å². The third-order valence-electron chi connectivity index (χ3n) is 4.76. The lowest BCUT2D eigenvalue weighted by molar-refractivity contribution is -0.0102. The molecule has 3 heteroatoms. The number of rotatable bonds is 9. The van der Waals surface area contributed by atoms with Crippen LogP contribution in [0.15, 0.2) is 0 Å². The summed E-state index contributed by atoms with van der Waals surface area (Å²) in [4.78, 5) is 2.66. The molecule has 0 amide bonds. The summed E-state index contributed by atoms with van der Waals surface area (Å²) >= 11 is 0. The molecule has 0 bridgehead atoms. The van der Waals surface area contributed by atoms with E-state index in [-0.39, 0.29) is 0 Å². The van der Waals surface area contributed by atoms with Gasteiger partial charge in [-0.15, -0.1) is 0 Å². The molecule has 1 rings (SSSR count). The summed E-state index contributed by atoms with van der Waals surface area (Å²) < 4.78 is 5.61. The Morgan fingerprint density at radius 1 is 1.15 bits per heavy atom. The minimum Gasteiger partial charge on any atom is -0.381 e. The Morgan fingerprint density at radius 3 is 2.30 bits per heavy atom. The number of hydrogen-bond donors (Lipinski definition) is 1. The van der Waals surface area contributed by atoms with Crippen molar-refractivity contribution < 1.29 is 4.74 Å². The monoisotopic (exact) mass is 284 g/mol. The maximum atomic E-state index is 5.61. The first-order valence-electron chi connectivity index (χ1n) is 8.55. The maximum Gasteiger partial charge on any atom is 0.0472 e. The highest BCUT2D eigenvalue weighted by Crippen LogP contribution is 2.31. The number of nitrogens with zero attached hydrogens (tertiary/aromatic N) is 1. The lowest BCUT2D eigenvalue weighted by atomic mass is 9.79. The molecule has 1 fully saturated rings. The zero-order valence-corrected chi connectivity index (χ0v) is 14.4. The van der Waals surface area contributed by atoms with Crippen LogP contribution >= 0.6 is 0 Å². The second-order valence-electron chi connectivity index (χ2n) is 6.96. The molecule has 1 atom stereocenters. The van der Waals surface area contributed by atoms with Gasteiger partial charge in [-0.25, -0.2) is 0 Å². The summed E-state index contributed by atoms with van der Waals surface area (Å²) in [5.74, 6) is 0.726. The van der Waals surface area contributed by atoms with Gasteiger partial charge in [0.15, 0.2) is 0 Å². The fourth-order valence-corrected chi connectivity index (χ4v) is 3.09. The first-order valence-corrected chi connectivity index (χ1v) is 8.55. The van der Waals surface area contributed by atoms with Gasteiger partial charge in [-0.05, 0) is 50.6 Å². The van der Waals surface area contributed by atoms with Crippen LogP contribution in [-0.4, -0.2) is 50.3 Å². The minimum atomic E-state index is 0.409. The standard InChI is InChI=1S/C17H36N2O/c1-6-16(5)19(7-2)14-17(8-10-20-11-9-17)13-18-12-15(3)4/h15-16,18H,6-14H2,1-5H3. The van der Waals surface area contributed by atoms with Crippen LogP contribution < -0.4 is 5.32 Å². The lowest BCUT2D eigenvalue weighted by Crippen LogP contribution is -2.49. The van der Waals surface area contributed by atoms with Gasteiger partial charge >= 0.3 is 0 Å². The highest BCUT2D eigenvalue weighted by molar-refractivity contribution is 4.88. The topological polar surface area (TPSA) is 24.5 Å². The predicted octanol–water partition coefficient (Wildman–Crippen LogP) is 3.15. The zero-order valence-electron chi connectivity index (χ0n) is 14.4. The van der Waals surface area contributed by atoms with Crippen LogP contribution in [0.2, 0.25) is 0 Å². The molecule has 120 valence electrons. The molecular weight excluding hydrogens is 248 g/mol. The third-order valence-corrected chi connectivity index (χ3v) is 4.76. The van der Waals surface area contributed by atoms with Gasteiger partial charge in [0.1, 0.15) is 0 Å². The summed E-state index contributed by atoms with van der Waals surface area (Å²) in [5.41, 5.74) is 0.409. The quantitative estimate of drug-likeness (QED) is 0.704. The second kappa shape index (κ2) is 9.01. The van der Waals surface area contributed by atoms with Gasteiger partial charge in [0, 0.05) is 32.3 Å². The Bertz CT molecular complexity index is 249. The summed E-state index contributed by atoms with van der Waals surface area (Å²) in [6, 6.07) is 0.685. The van der Waals surface area contributed by atoms with Gasteiger partial charge < -0.3 is 15.0 Å². The van der Waals surface area contributed by atoms with Crippen molar-refractivity contribution in [3.05, 3.63) is 0 Å². The van der Waals surface area contributed by atoms with Crippen LogP contribution in [0.25, 0.3) is 0 Å². The van der Waals surface area contributed by atoms with E-state index in [9.17, 15) is 0 Å². The van der Waals surface area contributed by atoms with E-state index in [0.29, 0.717) is 11.5 Å². The Balaban J connectivity index is 2.61. The van der Waals surface area contributed by atoms with E-state index in [4.69, 9.17) is 4.74 Å². The Morgan fingerprint density at radius 2 is 1.80 bits per heavy atom. The molecule has 1 saturated heterocycles. The van der Waals surface area contributed by atoms with Gasteiger partial charge in [0.2, 0.25) is 0 Å². The number of nitrogens with one attached hydrogen (secondary N) is 1. The highest BCUT2D eigenvalue weighted by atomic mass is 16.5. The fraction of sp³-hybridized carbons (Fsp3) is 1.00. The van der Waals surface area contributed by atoms with E-state index in [2.05, 4.69) is 44.8 Å². The molecule has 3 nitrogen and oxygen atoms in total. The molecular formula is C17H36N2O. The molecule has 1 N–H and O–H groups in total. The molecule has 0 saturated carbocycles. The van der Waals surface area contributed by atoms with Gasteiger partial charge in [-0.1, -0.05) is 27.7 Å². The van der Waals surface area contributed by atoms with Crippen molar-refractivity contribution in [1.29, 1.82) is 0 Å². The van der Waals surface area contributed by atoms with Gasteiger partial charge in [0.05, 0.1) is 0 Å². The number of ether oxygens (including phenoxy) is 1. The molecule has 1 unspecified atom stereocenters. The van der Waals surface area contributed by atoms with Gasteiger partial charge in [-0.2, -0.15) is 0 Å². The normalized spacial score (nSPS) is 20.6. The van der Waals surface area contributed by atoms with Crippen molar-refractivity contribution in [3.63, 3.8) is 0 Å². The average Bonchev–Trinajstić information content (AvgIpc) is 2.44. The molecule has 20 heavy (non-hydrogen) atoms. The Labute approximate surface area is 126 Å². The highest BCUT2D eigenvalue weighted by Gasteiger charge is 2.34. The largest absolute Gasteiger partial charge is 0.381 e. The lowest BCUT2D eigenvalue weighted by Gasteiger charge is -2.43. The zero-order chi connectivity index (χ0) is 15.0. The summed E-state index contributed by atoms with van der Waals surface area (Å²) in [6.07, 6.45) is 3.63. The van der Waals surface area contributed by atoms with Crippen molar-refractivity contribution in [3.8, 4) is 0 Å². The average molecular weight is 284 g/mol. The molecule has 0 aromatic carbocycles. The van der Waals surface area contributed by atoms with Crippen molar-refractivity contribution in [1.82, 2.24) is 10.2 Å². The van der Waals surface area contributed by atoms with Gasteiger partial charge in [-0.3, -0.25) is 0 Å². The Kier molecular flexibility index (Phi) is 8.08. The van der Waals surface area contributed by atoms with E-state index in [1.54, 1.807) is 0 Å². The molecule has 1 heterocycles. The van der Waals surface area contributed by atoms with Gasteiger partial charge in [0.25, 0.3) is 0 Å².